The zero-order chi connectivity index (χ0) is 33.4. The first-order chi connectivity index (χ1) is 21.6. The van der Waals surface area contributed by atoms with E-state index in [2.05, 4.69) is 60.3 Å². The Hall–Kier alpha value is -2.66. The first-order valence-corrected chi connectivity index (χ1v) is 17.8. The lowest BCUT2D eigenvalue weighted by Crippen LogP contribution is -2.65. The summed E-state index contributed by atoms with van der Waals surface area (Å²) in [5.74, 6) is 1.90. The molecule has 0 spiro atoms. The Bertz CT molecular complexity index is 1470. The van der Waals surface area contributed by atoms with Crippen LogP contribution in [0.4, 0.5) is 0 Å². The van der Waals surface area contributed by atoms with Crippen LogP contribution in [0.25, 0.3) is 5.57 Å². The van der Waals surface area contributed by atoms with E-state index < -0.39 is 5.97 Å². The molecule has 4 saturated carbocycles. The predicted molar refractivity (Wildman–Crippen MR) is 185 cm³/mol. The van der Waals surface area contributed by atoms with Gasteiger partial charge in [0.2, 0.25) is 0 Å². The van der Waals surface area contributed by atoms with Gasteiger partial charge in [-0.1, -0.05) is 71.1 Å². The van der Waals surface area contributed by atoms with Gasteiger partial charge in [0.25, 0.3) is 5.91 Å². The van der Waals surface area contributed by atoms with Crippen LogP contribution in [0.5, 0.6) is 0 Å². The summed E-state index contributed by atoms with van der Waals surface area (Å²) < 4.78 is 0. The number of aromatic carboxylic acids is 1. The van der Waals surface area contributed by atoms with Crippen LogP contribution in [0.3, 0.4) is 0 Å². The van der Waals surface area contributed by atoms with Crippen molar-refractivity contribution in [2.24, 2.45) is 56.7 Å². The van der Waals surface area contributed by atoms with Crippen molar-refractivity contribution in [3.05, 3.63) is 65.8 Å². The standard InChI is InChI=1S/C41H57NO4/c1-26(2)29-16-22-41(23-19-34(43)42(8)46-9)25-24-39(6)31(35(29)41)14-15-33-38(5)20-17-30(27-10-12-28(13-11-27)36(44)45)37(3,4)32(38)18-21-40(33,39)7/h10-13,17,19,23,29,31-33,35H,1,14-16,18,20-22,24-25H2,2-9H3,(H,44,45)/b23-19+/t29?,31-,32+,33-,35-,38+,39-,40-,41+/m1/s1. The fourth-order valence-corrected chi connectivity index (χ4v) is 12.8. The van der Waals surface area contributed by atoms with Crippen LogP contribution in [0.2, 0.25) is 0 Å². The van der Waals surface area contributed by atoms with Gasteiger partial charge in [-0.3, -0.25) is 9.63 Å². The smallest absolute Gasteiger partial charge is 0.335 e. The Kier molecular flexibility index (Phi) is 8.10. The molecular formula is C41H57NO4. The molecular weight excluding hydrogens is 570 g/mol. The fourth-order valence-electron chi connectivity index (χ4n) is 12.8. The third-order valence-electron chi connectivity index (χ3n) is 15.3. The van der Waals surface area contributed by atoms with Crippen LogP contribution in [-0.2, 0) is 9.63 Å². The van der Waals surface area contributed by atoms with E-state index in [4.69, 9.17) is 4.84 Å². The maximum atomic E-state index is 12.8. The Morgan fingerprint density at radius 2 is 1.63 bits per heavy atom. The molecule has 0 heterocycles. The first kappa shape index (κ1) is 33.2. The molecule has 9 atom stereocenters. The minimum atomic E-state index is -0.873. The number of allylic oxidation sites excluding steroid dienone is 4. The summed E-state index contributed by atoms with van der Waals surface area (Å²) >= 11 is 0. The molecule has 5 nitrogen and oxygen atoms in total. The molecule has 0 saturated heterocycles. The fraction of sp³-hybridized carbons (Fsp3) is 0.659. The number of hydrogen-bond donors (Lipinski definition) is 1. The van der Waals surface area contributed by atoms with Gasteiger partial charge in [-0.25, -0.2) is 9.86 Å². The molecule has 1 unspecified atom stereocenters. The normalized spacial score (nSPS) is 41.0. The van der Waals surface area contributed by atoms with Crippen molar-refractivity contribution in [1.29, 1.82) is 0 Å². The molecule has 250 valence electrons. The van der Waals surface area contributed by atoms with Crippen LogP contribution >= 0.6 is 0 Å². The van der Waals surface area contributed by atoms with Crippen molar-refractivity contribution >= 4 is 17.4 Å². The lowest BCUT2D eigenvalue weighted by molar-refractivity contribution is -0.221. The lowest BCUT2D eigenvalue weighted by Gasteiger charge is -2.72. The van der Waals surface area contributed by atoms with E-state index in [1.54, 1.807) is 32.4 Å². The number of carboxylic acids is 1. The summed E-state index contributed by atoms with van der Waals surface area (Å²) in [5, 5.41) is 10.8. The number of hydroxylamine groups is 2. The Labute approximate surface area is 277 Å². The van der Waals surface area contributed by atoms with Crippen LogP contribution in [-0.4, -0.2) is 36.2 Å². The molecule has 0 bridgehead atoms. The number of carbonyl (C=O) groups is 2. The van der Waals surface area contributed by atoms with Crippen molar-refractivity contribution in [1.82, 2.24) is 5.06 Å². The molecule has 5 heteroatoms. The third kappa shape index (κ3) is 4.65. The molecule has 6 rings (SSSR count). The molecule has 1 aromatic rings. The zero-order valence-electron chi connectivity index (χ0n) is 29.6. The van der Waals surface area contributed by atoms with E-state index >= 15 is 0 Å². The van der Waals surface area contributed by atoms with Gasteiger partial charge in [0.05, 0.1) is 12.7 Å². The molecule has 0 radical (unpaired) electrons. The molecule has 0 aromatic heterocycles. The second kappa shape index (κ2) is 11.2. The number of nitrogens with zero attached hydrogens (tertiary/aromatic N) is 1. The highest BCUT2D eigenvalue weighted by Gasteiger charge is 2.70. The van der Waals surface area contributed by atoms with Gasteiger partial charge in [-0.2, -0.15) is 0 Å². The van der Waals surface area contributed by atoms with Crippen molar-refractivity contribution in [2.75, 3.05) is 14.2 Å². The lowest BCUT2D eigenvalue weighted by atomic mass is 9.32. The van der Waals surface area contributed by atoms with Gasteiger partial charge >= 0.3 is 5.97 Å². The quantitative estimate of drug-likeness (QED) is 0.194. The third-order valence-corrected chi connectivity index (χ3v) is 15.3. The van der Waals surface area contributed by atoms with Gasteiger partial charge < -0.3 is 5.11 Å². The van der Waals surface area contributed by atoms with Crippen molar-refractivity contribution in [3.63, 3.8) is 0 Å². The number of likely N-dealkylation sites (N-methyl/N-ethyl adjacent to an activating group) is 1. The van der Waals surface area contributed by atoms with E-state index in [1.165, 1.54) is 60.3 Å². The molecule has 46 heavy (non-hydrogen) atoms. The van der Waals surface area contributed by atoms with E-state index in [0.29, 0.717) is 35.2 Å². The maximum Gasteiger partial charge on any atom is 0.335 e. The number of rotatable bonds is 6. The monoisotopic (exact) mass is 627 g/mol. The summed E-state index contributed by atoms with van der Waals surface area (Å²) in [6.45, 7) is 19.6. The second-order valence-corrected chi connectivity index (χ2v) is 17.2. The molecule has 0 aliphatic heterocycles. The Morgan fingerprint density at radius 3 is 2.26 bits per heavy atom. The summed E-state index contributed by atoms with van der Waals surface area (Å²) in [6.07, 6.45) is 17.3. The van der Waals surface area contributed by atoms with Crippen molar-refractivity contribution in [3.8, 4) is 0 Å². The molecule has 5 aliphatic rings. The Balaban J connectivity index is 1.34. The van der Waals surface area contributed by atoms with Gasteiger partial charge in [0.15, 0.2) is 0 Å². The van der Waals surface area contributed by atoms with E-state index in [9.17, 15) is 14.7 Å². The molecule has 1 amide bonds. The van der Waals surface area contributed by atoms with Gasteiger partial charge in [0.1, 0.15) is 0 Å². The van der Waals surface area contributed by atoms with E-state index in [1.807, 2.05) is 12.1 Å². The molecule has 1 aromatic carbocycles. The van der Waals surface area contributed by atoms with Gasteiger partial charge in [0, 0.05) is 13.1 Å². The average Bonchev–Trinajstić information content (AvgIpc) is 3.40. The van der Waals surface area contributed by atoms with Crippen molar-refractivity contribution < 1.29 is 19.5 Å². The van der Waals surface area contributed by atoms with Gasteiger partial charge in [-0.05, 0) is 145 Å². The highest BCUT2D eigenvalue weighted by molar-refractivity contribution is 5.88. The molecule has 1 N–H and O–H groups in total. The zero-order valence-corrected chi connectivity index (χ0v) is 29.6. The Morgan fingerprint density at radius 1 is 0.935 bits per heavy atom. The highest BCUT2D eigenvalue weighted by atomic mass is 16.7. The summed E-state index contributed by atoms with van der Waals surface area (Å²) in [6, 6.07) is 7.55. The summed E-state index contributed by atoms with van der Waals surface area (Å²) in [4.78, 5) is 29.6. The minimum Gasteiger partial charge on any atom is -0.478 e. The summed E-state index contributed by atoms with van der Waals surface area (Å²) in [7, 11) is 3.23. The highest BCUT2D eigenvalue weighted by Crippen LogP contribution is 2.77. The first-order valence-electron chi connectivity index (χ1n) is 17.8. The number of carbonyl (C=O) groups excluding carboxylic acids is 1. The molecule has 5 aliphatic carbocycles. The topological polar surface area (TPSA) is 66.8 Å². The van der Waals surface area contributed by atoms with Gasteiger partial charge in [-0.15, -0.1) is 0 Å². The second-order valence-electron chi connectivity index (χ2n) is 17.2. The largest absolute Gasteiger partial charge is 0.478 e. The van der Waals surface area contributed by atoms with Crippen LogP contribution in [0, 0.1) is 56.7 Å². The number of fused-ring (bicyclic) bond motifs is 7. The number of carboxylic acid groups (broad SMARTS) is 1. The summed E-state index contributed by atoms with van der Waals surface area (Å²) in [5.41, 5.74) is 4.95. The van der Waals surface area contributed by atoms with E-state index in [0.717, 1.165) is 19.3 Å². The maximum absolute atomic E-state index is 12.8. The minimum absolute atomic E-state index is 0.00172. The molecule has 4 fully saturated rings. The van der Waals surface area contributed by atoms with Crippen molar-refractivity contribution in [2.45, 2.75) is 99.3 Å². The number of amides is 1. The number of hydrogen-bond acceptors (Lipinski definition) is 3. The van der Waals surface area contributed by atoms with Crippen LogP contribution in [0.15, 0.2) is 54.6 Å². The van der Waals surface area contributed by atoms with E-state index in [-0.39, 0.29) is 33.0 Å². The SMILES string of the molecule is C=C(C)C1CC[C@]2(/C=C/C(=O)N(C)OC)CC[C@]3(C)[C@H](CC[C@@H]4[C@@]5(C)CC=C(c6ccc(C(=O)O)cc6)C(C)(C)[C@@H]5CC[C@]43C)[C@@H]12. The van der Waals surface area contributed by atoms with Crippen LogP contribution in [0.1, 0.15) is 115 Å². The van der Waals surface area contributed by atoms with Crippen LogP contribution < -0.4 is 0 Å². The predicted octanol–water partition coefficient (Wildman–Crippen LogP) is 9.61. The average molecular weight is 628 g/mol. The number of benzene rings is 1.